The van der Waals surface area contributed by atoms with Crippen LogP contribution < -0.4 is 4.72 Å². The minimum absolute atomic E-state index is 0.509. The van der Waals surface area contributed by atoms with E-state index in [1.54, 1.807) is 24.4 Å². The Morgan fingerprint density at radius 1 is 1.25 bits per heavy atom. The molecular formula is C13H12N4O2S. The molecule has 1 N–H and O–H groups in total. The first-order valence-corrected chi connectivity index (χ1v) is 7.78. The van der Waals surface area contributed by atoms with Crippen LogP contribution in [0.4, 0.5) is 5.69 Å². The van der Waals surface area contributed by atoms with Gasteiger partial charge in [0.05, 0.1) is 11.9 Å². The zero-order valence-electron chi connectivity index (χ0n) is 10.7. The fourth-order valence-electron chi connectivity index (χ4n) is 1.93. The van der Waals surface area contributed by atoms with Gasteiger partial charge in [-0.05, 0) is 18.2 Å². The van der Waals surface area contributed by atoms with Crippen molar-refractivity contribution in [1.29, 1.82) is 0 Å². The first-order valence-electron chi connectivity index (χ1n) is 5.89. The van der Waals surface area contributed by atoms with Crippen LogP contribution in [0.2, 0.25) is 0 Å². The van der Waals surface area contributed by atoms with E-state index >= 15 is 0 Å². The Morgan fingerprint density at radius 3 is 2.85 bits per heavy atom. The summed E-state index contributed by atoms with van der Waals surface area (Å²) in [5.74, 6) is 0.601. The summed E-state index contributed by atoms with van der Waals surface area (Å²) in [6.45, 7) is 0. The molecule has 0 saturated carbocycles. The van der Waals surface area contributed by atoms with Crippen LogP contribution in [-0.4, -0.2) is 29.0 Å². The van der Waals surface area contributed by atoms with Crippen molar-refractivity contribution in [3.05, 3.63) is 48.9 Å². The van der Waals surface area contributed by atoms with E-state index < -0.39 is 10.0 Å². The van der Waals surface area contributed by atoms with Crippen LogP contribution in [-0.2, 0) is 10.0 Å². The van der Waals surface area contributed by atoms with Gasteiger partial charge in [0.15, 0.2) is 0 Å². The molecule has 3 rings (SSSR count). The van der Waals surface area contributed by atoms with E-state index in [4.69, 9.17) is 0 Å². The molecule has 7 heteroatoms. The lowest BCUT2D eigenvalue weighted by Crippen LogP contribution is -2.09. The molecule has 0 aliphatic carbocycles. The Balaban J connectivity index is 2.03. The van der Waals surface area contributed by atoms with Gasteiger partial charge in [-0.15, -0.1) is 0 Å². The van der Waals surface area contributed by atoms with Gasteiger partial charge in [0.2, 0.25) is 15.8 Å². The van der Waals surface area contributed by atoms with Crippen molar-refractivity contribution in [2.24, 2.45) is 0 Å². The fraction of sp³-hybridized carbons (Fsp3) is 0.0769. The lowest BCUT2D eigenvalue weighted by Gasteiger charge is -2.04. The molecule has 2 aromatic heterocycles. The topological polar surface area (TPSA) is 76.4 Å². The number of anilines is 1. The van der Waals surface area contributed by atoms with Crippen molar-refractivity contribution in [3.63, 3.8) is 0 Å². The summed E-state index contributed by atoms with van der Waals surface area (Å²) in [5.41, 5.74) is 2.07. The molecule has 0 radical (unpaired) electrons. The predicted molar refractivity (Wildman–Crippen MR) is 76.9 cm³/mol. The standard InChI is InChI=1S/C13H12N4O2S/c1-20(18,19)16-11-5-2-4-10(8-11)12-9-17-7-3-6-14-13(17)15-12/h2-9,16H,1H3. The van der Waals surface area contributed by atoms with Crippen LogP contribution in [0.15, 0.2) is 48.9 Å². The second-order valence-electron chi connectivity index (χ2n) is 4.41. The molecule has 6 nitrogen and oxygen atoms in total. The highest BCUT2D eigenvalue weighted by Gasteiger charge is 2.07. The molecule has 0 fully saturated rings. The van der Waals surface area contributed by atoms with Crippen molar-refractivity contribution in [2.75, 3.05) is 11.0 Å². The third-order valence-corrected chi connectivity index (χ3v) is 3.30. The van der Waals surface area contributed by atoms with Crippen LogP contribution in [0.5, 0.6) is 0 Å². The largest absolute Gasteiger partial charge is 0.291 e. The van der Waals surface area contributed by atoms with Crippen molar-refractivity contribution >= 4 is 21.5 Å². The van der Waals surface area contributed by atoms with Gasteiger partial charge in [-0.3, -0.25) is 9.12 Å². The molecule has 20 heavy (non-hydrogen) atoms. The van der Waals surface area contributed by atoms with E-state index in [0.717, 1.165) is 17.5 Å². The average molecular weight is 288 g/mol. The maximum Gasteiger partial charge on any atom is 0.234 e. The molecule has 1 aromatic carbocycles. The fourth-order valence-corrected chi connectivity index (χ4v) is 2.48. The number of benzene rings is 1. The minimum atomic E-state index is -3.29. The maximum atomic E-state index is 11.2. The van der Waals surface area contributed by atoms with Crippen molar-refractivity contribution in [1.82, 2.24) is 14.4 Å². The van der Waals surface area contributed by atoms with Gasteiger partial charge in [0, 0.05) is 29.8 Å². The first kappa shape index (κ1) is 12.6. The number of fused-ring (bicyclic) bond motifs is 1. The maximum absolute atomic E-state index is 11.2. The molecule has 0 saturated heterocycles. The van der Waals surface area contributed by atoms with E-state index in [9.17, 15) is 8.42 Å². The van der Waals surface area contributed by atoms with Gasteiger partial charge < -0.3 is 0 Å². The van der Waals surface area contributed by atoms with E-state index in [0.29, 0.717) is 11.5 Å². The second kappa shape index (κ2) is 4.61. The monoisotopic (exact) mass is 288 g/mol. The number of nitrogens with one attached hydrogen (secondary N) is 1. The van der Waals surface area contributed by atoms with E-state index in [-0.39, 0.29) is 0 Å². The number of sulfonamides is 1. The van der Waals surface area contributed by atoms with E-state index in [1.807, 2.05) is 28.9 Å². The second-order valence-corrected chi connectivity index (χ2v) is 6.16. The number of aromatic nitrogens is 3. The highest BCUT2D eigenvalue weighted by molar-refractivity contribution is 7.92. The Labute approximate surface area is 116 Å². The lowest BCUT2D eigenvalue weighted by molar-refractivity contribution is 0.607. The summed E-state index contributed by atoms with van der Waals surface area (Å²) >= 11 is 0. The summed E-state index contributed by atoms with van der Waals surface area (Å²) < 4.78 is 26.8. The summed E-state index contributed by atoms with van der Waals surface area (Å²) in [4.78, 5) is 8.54. The highest BCUT2D eigenvalue weighted by Crippen LogP contribution is 2.22. The third-order valence-electron chi connectivity index (χ3n) is 2.70. The molecule has 0 unspecified atom stereocenters. The molecule has 0 bridgehead atoms. The van der Waals surface area contributed by atoms with Gasteiger partial charge >= 0.3 is 0 Å². The van der Waals surface area contributed by atoms with Crippen LogP contribution in [0, 0.1) is 0 Å². The summed E-state index contributed by atoms with van der Waals surface area (Å²) in [6, 6.07) is 8.90. The average Bonchev–Trinajstić information content (AvgIpc) is 2.80. The Morgan fingerprint density at radius 2 is 2.10 bits per heavy atom. The quantitative estimate of drug-likeness (QED) is 0.797. The molecule has 102 valence electrons. The molecule has 0 aliphatic heterocycles. The van der Waals surface area contributed by atoms with Crippen molar-refractivity contribution in [3.8, 4) is 11.3 Å². The lowest BCUT2D eigenvalue weighted by atomic mass is 10.1. The first-order chi connectivity index (χ1) is 9.51. The Kier molecular flexibility index (Phi) is 2.90. The Hall–Kier alpha value is -2.41. The highest BCUT2D eigenvalue weighted by atomic mass is 32.2. The molecule has 0 atom stereocenters. The van der Waals surface area contributed by atoms with Crippen LogP contribution in [0.3, 0.4) is 0 Å². The minimum Gasteiger partial charge on any atom is -0.291 e. The SMILES string of the molecule is CS(=O)(=O)Nc1cccc(-c2cn3cccnc3n2)c1. The van der Waals surface area contributed by atoms with Gasteiger partial charge in [-0.1, -0.05) is 12.1 Å². The van der Waals surface area contributed by atoms with Gasteiger partial charge in [0.1, 0.15) is 0 Å². The number of hydrogen-bond acceptors (Lipinski definition) is 4. The molecule has 0 aliphatic rings. The van der Waals surface area contributed by atoms with Crippen molar-refractivity contribution in [2.45, 2.75) is 0 Å². The molecule has 0 amide bonds. The van der Waals surface area contributed by atoms with Gasteiger partial charge in [0.25, 0.3) is 0 Å². The van der Waals surface area contributed by atoms with Gasteiger partial charge in [-0.25, -0.2) is 18.4 Å². The summed E-state index contributed by atoms with van der Waals surface area (Å²) in [6.07, 6.45) is 6.50. The summed E-state index contributed by atoms with van der Waals surface area (Å²) in [5, 5.41) is 0. The van der Waals surface area contributed by atoms with Crippen molar-refractivity contribution < 1.29 is 8.42 Å². The third kappa shape index (κ3) is 2.62. The van der Waals surface area contributed by atoms with Crippen LogP contribution in [0.25, 0.3) is 17.0 Å². The number of rotatable bonds is 3. The zero-order valence-corrected chi connectivity index (χ0v) is 11.5. The normalized spacial score (nSPS) is 11.7. The number of nitrogens with zero attached hydrogens (tertiary/aromatic N) is 3. The zero-order chi connectivity index (χ0) is 14.2. The number of imidazole rings is 1. The summed E-state index contributed by atoms with van der Waals surface area (Å²) in [7, 11) is -3.29. The van der Waals surface area contributed by atoms with E-state index in [2.05, 4.69) is 14.7 Å². The number of hydrogen-bond donors (Lipinski definition) is 1. The Bertz CT molecular complexity index is 838. The smallest absolute Gasteiger partial charge is 0.234 e. The predicted octanol–water partition coefficient (Wildman–Crippen LogP) is 1.77. The van der Waals surface area contributed by atoms with E-state index in [1.165, 1.54) is 0 Å². The van der Waals surface area contributed by atoms with Crippen LogP contribution >= 0.6 is 0 Å². The molecular weight excluding hydrogens is 276 g/mol. The molecule has 3 aromatic rings. The molecule has 0 spiro atoms. The van der Waals surface area contributed by atoms with Crippen LogP contribution in [0.1, 0.15) is 0 Å². The molecule has 2 heterocycles. The van der Waals surface area contributed by atoms with Gasteiger partial charge in [-0.2, -0.15) is 0 Å².